The van der Waals surface area contributed by atoms with Crippen LogP contribution in [0, 0.1) is 0 Å². The van der Waals surface area contributed by atoms with E-state index in [1.54, 1.807) is 6.07 Å². The summed E-state index contributed by atoms with van der Waals surface area (Å²) in [4.78, 5) is 12.0. The van der Waals surface area contributed by atoms with E-state index in [1.807, 2.05) is 12.1 Å². The van der Waals surface area contributed by atoms with Crippen molar-refractivity contribution in [3.63, 3.8) is 0 Å². The van der Waals surface area contributed by atoms with Crippen LogP contribution in [0.3, 0.4) is 0 Å². The molecular formula is C24H40O4. The van der Waals surface area contributed by atoms with Gasteiger partial charge in [-0.15, -0.1) is 0 Å². The Labute approximate surface area is 172 Å². The fourth-order valence-electron chi connectivity index (χ4n) is 3.13. The van der Waals surface area contributed by atoms with Crippen LogP contribution in [0.25, 0.3) is 0 Å². The van der Waals surface area contributed by atoms with Crippen LogP contribution in [0.1, 0.15) is 101 Å². The SMILES string of the molecule is CCCCCCCCCCOc1ccc(C(=O)OC)c(OCCCCCC)c1. The Morgan fingerprint density at radius 2 is 1.29 bits per heavy atom. The van der Waals surface area contributed by atoms with Crippen molar-refractivity contribution in [2.45, 2.75) is 90.9 Å². The smallest absolute Gasteiger partial charge is 0.341 e. The van der Waals surface area contributed by atoms with Crippen LogP contribution in [0.4, 0.5) is 0 Å². The molecule has 0 fully saturated rings. The number of methoxy groups -OCH3 is 1. The van der Waals surface area contributed by atoms with Crippen molar-refractivity contribution >= 4 is 5.97 Å². The molecule has 4 nitrogen and oxygen atoms in total. The van der Waals surface area contributed by atoms with Crippen molar-refractivity contribution in [3.05, 3.63) is 23.8 Å². The number of hydrogen-bond acceptors (Lipinski definition) is 4. The molecule has 4 heteroatoms. The van der Waals surface area contributed by atoms with E-state index in [2.05, 4.69) is 13.8 Å². The normalized spacial score (nSPS) is 10.7. The average Bonchev–Trinajstić information content (AvgIpc) is 2.72. The van der Waals surface area contributed by atoms with Crippen molar-refractivity contribution in [3.8, 4) is 11.5 Å². The third-order valence-electron chi connectivity index (χ3n) is 4.88. The maximum absolute atomic E-state index is 12.0. The second-order valence-corrected chi connectivity index (χ2v) is 7.38. The number of rotatable bonds is 17. The lowest BCUT2D eigenvalue weighted by molar-refractivity contribution is 0.0596. The first-order chi connectivity index (χ1) is 13.7. The van der Waals surface area contributed by atoms with E-state index in [0.717, 1.165) is 25.0 Å². The topological polar surface area (TPSA) is 44.8 Å². The lowest BCUT2D eigenvalue weighted by Crippen LogP contribution is -2.07. The maximum Gasteiger partial charge on any atom is 0.341 e. The minimum absolute atomic E-state index is 0.377. The van der Waals surface area contributed by atoms with E-state index in [9.17, 15) is 4.79 Å². The molecule has 1 aromatic rings. The van der Waals surface area contributed by atoms with Crippen LogP contribution in [-0.4, -0.2) is 26.3 Å². The fraction of sp³-hybridized carbons (Fsp3) is 0.708. The molecule has 0 aliphatic heterocycles. The molecule has 0 aliphatic carbocycles. The van der Waals surface area contributed by atoms with Crippen LogP contribution in [-0.2, 0) is 4.74 Å². The van der Waals surface area contributed by atoms with Crippen LogP contribution in [0.5, 0.6) is 11.5 Å². The number of carbonyl (C=O) groups excluding carboxylic acids is 1. The zero-order valence-electron chi connectivity index (χ0n) is 18.3. The largest absolute Gasteiger partial charge is 0.493 e. The van der Waals surface area contributed by atoms with Gasteiger partial charge in [0.05, 0.1) is 20.3 Å². The quantitative estimate of drug-likeness (QED) is 0.212. The number of esters is 1. The first-order valence-corrected chi connectivity index (χ1v) is 11.2. The summed E-state index contributed by atoms with van der Waals surface area (Å²) in [5.41, 5.74) is 0.456. The highest BCUT2D eigenvalue weighted by molar-refractivity contribution is 5.92. The van der Waals surface area contributed by atoms with Crippen molar-refractivity contribution in [2.75, 3.05) is 20.3 Å². The summed E-state index contributed by atoms with van der Waals surface area (Å²) in [6.07, 6.45) is 14.7. The number of unbranched alkanes of at least 4 members (excludes halogenated alkanes) is 10. The number of benzene rings is 1. The van der Waals surface area contributed by atoms with Gasteiger partial charge in [0.15, 0.2) is 0 Å². The molecule has 0 atom stereocenters. The molecule has 0 N–H and O–H groups in total. The van der Waals surface area contributed by atoms with E-state index in [0.29, 0.717) is 24.5 Å². The lowest BCUT2D eigenvalue weighted by atomic mass is 10.1. The van der Waals surface area contributed by atoms with Crippen molar-refractivity contribution < 1.29 is 19.0 Å². The monoisotopic (exact) mass is 392 g/mol. The van der Waals surface area contributed by atoms with Crippen molar-refractivity contribution in [2.24, 2.45) is 0 Å². The summed E-state index contributed by atoms with van der Waals surface area (Å²) >= 11 is 0. The molecular weight excluding hydrogens is 352 g/mol. The van der Waals surface area contributed by atoms with Gasteiger partial charge in [-0.1, -0.05) is 78.1 Å². The van der Waals surface area contributed by atoms with E-state index in [1.165, 1.54) is 64.9 Å². The van der Waals surface area contributed by atoms with Crippen LogP contribution < -0.4 is 9.47 Å². The van der Waals surface area contributed by atoms with Crippen molar-refractivity contribution in [1.82, 2.24) is 0 Å². The van der Waals surface area contributed by atoms with Gasteiger partial charge in [-0.3, -0.25) is 0 Å². The summed E-state index contributed by atoms with van der Waals surface area (Å²) in [7, 11) is 1.39. The molecule has 0 aliphatic rings. The molecule has 0 radical (unpaired) electrons. The third kappa shape index (κ3) is 10.6. The molecule has 0 saturated heterocycles. The highest BCUT2D eigenvalue weighted by Gasteiger charge is 2.14. The van der Waals surface area contributed by atoms with Crippen LogP contribution >= 0.6 is 0 Å². The van der Waals surface area contributed by atoms with Gasteiger partial charge in [-0.2, -0.15) is 0 Å². The minimum Gasteiger partial charge on any atom is -0.493 e. The Morgan fingerprint density at radius 3 is 1.89 bits per heavy atom. The van der Waals surface area contributed by atoms with Crippen molar-refractivity contribution in [1.29, 1.82) is 0 Å². The van der Waals surface area contributed by atoms with E-state index >= 15 is 0 Å². The van der Waals surface area contributed by atoms with Gasteiger partial charge in [0.25, 0.3) is 0 Å². The van der Waals surface area contributed by atoms with Gasteiger partial charge in [-0.25, -0.2) is 4.79 Å². The number of hydrogen-bond donors (Lipinski definition) is 0. The Kier molecular flexibility index (Phi) is 14.1. The Balaban J connectivity index is 2.40. The zero-order valence-corrected chi connectivity index (χ0v) is 18.3. The molecule has 0 unspecified atom stereocenters. The highest BCUT2D eigenvalue weighted by Crippen LogP contribution is 2.26. The Bertz CT molecular complexity index is 527. The highest BCUT2D eigenvalue weighted by atomic mass is 16.5. The van der Waals surface area contributed by atoms with Gasteiger partial charge >= 0.3 is 5.97 Å². The first-order valence-electron chi connectivity index (χ1n) is 11.2. The van der Waals surface area contributed by atoms with Gasteiger partial charge < -0.3 is 14.2 Å². The Hall–Kier alpha value is -1.71. The minimum atomic E-state index is -0.377. The average molecular weight is 393 g/mol. The standard InChI is InChI=1S/C24H40O4/c1-4-6-8-10-11-12-13-15-18-27-21-16-17-22(24(25)26-3)23(20-21)28-19-14-9-7-5-2/h16-17,20H,4-15,18-19H2,1-3H3. The Morgan fingerprint density at radius 1 is 0.750 bits per heavy atom. The zero-order chi connectivity index (χ0) is 20.5. The fourth-order valence-corrected chi connectivity index (χ4v) is 3.13. The molecule has 0 spiro atoms. The molecule has 1 aromatic carbocycles. The third-order valence-corrected chi connectivity index (χ3v) is 4.88. The van der Waals surface area contributed by atoms with E-state index in [-0.39, 0.29) is 5.97 Å². The predicted molar refractivity (Wildman–Crippen MR) is 116 cm³/mol. The first kappa shape index (κ1) is 24.3. The number of ether oxygens (including phenoxy) is 3. The molecule has 0 heterocycles. The summed E-state index contributed by atoms with van der Waals surface area (Å²) in [6, 6.07) is 5.37. The molecule has 160 valence electrons. The molecule has 1 rings (SSSR count). The number of carbonyl (C=O) groups is 1. The maximum atomic E-state index is 12.0. The second kappa shape index (κ2) is 16.3. The van der Waals surface area contributed by atoms with Gasteiger partial charge in [0.2, 0.25) is 0 Å². The van der Waals surface area contributed by atoms with Gasteiger partial charge in [0, 0.05) is 6.07 Å². The summed E-state index contributed by atoms with van der Waals surface area (Å²) in [5.74, 6) is 0.925. The van der Waals surface area contributed by atoms with Crippen LogP contribution in [0.15, 0.2) is 18.2 Å². The summed E-state index contributed by atoms with van der Waals surface area (Å²) in [5, 5.41) is 0. The van der Waals surface area contributed by atoms with Crippen LogP contribution in [0.2, 0.25) is 0 Å². The second-order valence-electron chi connectivity index (χ2n) is 7.38. The molecule has 0 bridgehead atoms. The summed E-state index contributed by atoms with van der Waals surface area (Å²) < 4.78 is 16.6. The predicted octanol–water partition coefficient (Wildman–Crippen LogP) is 6.95. The molecule has 0 aromatic heterocycles. The van der Waals surface area contributed by atoms with E-state index < -0.39 is 0 Å². The molecule has 28 heavy (non-hydrogen) atoms. The molecule has 0 amide bonds. The summed E-state index contributed by atoms with van der Waals surface area (Å²) in [6.45, 7) is 5.73. The van der Waals surface area contributed by atoms with Gasteiger partial charge in [0.1, 0.15) is 17.1 Å². The van der Waals surface area contributed by atoms with E-state index in [4.69, 9.17) is 14.2 Å². The molecule has 0 saturated carbocycles. The van der Waals surface area contributed by atoms with Gasteiger partial charge in [-0.05, 0) is 25.0 Å². The lowest BCUT2D eigenvalue weighted by Gasteiger charge is -2.13.